The van der Waals surface area contributed by atoms with Gasteiger partial charge >= 0.3 is 0 Å². The minimum absolute atomic E-state index is 0.0152. The van der Waals surface area contributed by atoms with Crippen LogP contribution in [0.4, 0.5) is 4.39 Å². The van der Waals surface area contributed by atoms with E-state index in [9.17, 15) is 17.6 Å². The maximum absolute atomic E-state index is 13.2. The summed E-state index contributed by atoms with van der Waals surface area (Å²) in [4.78, 5) is 11.9. The molecule has 39 heavy (non-hydrogen) atoms. The van der Waals surface area contributed by atoms with Crippen molar-refractivity contribution in [2.45, 2.75) is 45.4 Å². The monoisotopic (exact) mass is 561 g/mol. The zero-order chi connectivity index (χ0) is 27.8. The van der Waals surface area contributed by atoms with Crippen molar-refractivity contribution in [3.63, 3.8) is 0 Å². The fraction of sp³-hybridized carbons (Fsp3) is 0.552. The highest BCUT2D eigenvalue weighted by Crippen LogP contribution is 2.64. The molecule has 2 N–H and O–H groups in total. The second-order valence-corrected chi connectivity index (χ2v) is 13.1. The molecule has 10 heteroatoms. The first kappa shape index (κ1) is 27.9. The van der Waals surface area contributed by atoms with E-state index in [1.54, 1.807) is 0 Å². The summed E-state index contributed by atoms with van der Waals surface area (Å²) in [6, 6.07) is 12.5. The minimum Gasteiger partial charge on any atom is -0.493 e. The van der Waals surface area contributed by atoms with Gasteiger partial charge in [0.15, 0.2) is 11.5 Å². The summed E-state index contributed by atoms with van der Waals surface area (Å²) in [6.45, 7) is 6.63. The van der Waals surface area contributed by atoms with Gasteiger partial charge in [0, 0.05) is 24.9 Å². The Hall–Kier alpha value is -2.69. The third-order valence-corrected chi connectivity index (χ3v) is 10.1. The fourth-order valence-corrected chi connectivity index (χ4v) is 8.14. The minimum atomic E-state index is -4.08. The summed E-state index contributed by atoms with van der Waals surface area (Å²) in [5, 5.41) is 3.43. The lowest BCUT2D eigenvalue weighted by molar-refractivity contribution is -0.128. The van der Waals surface area contributed by atoms with Gasteiger partial charge in [0.1, 0.15) is 17.3 Å². The molecular weight excluding hydrogens is 525 g/mol. The maximum atomic E-state index is 13.2. The van der Waals surface area contributed by atoms with Gasteiger partial charge in [-0.3, -0.25) is 9.35 Å². The molecular formula is C29H36FNO7S. The van der Waals surface area contributed by atoms with E-state index < -0.39 is 21.3 Å². The highest BCUT2D eigenvalue weighted by molar-refractivity contribution is 7.85. The predicted octanol–water partition coefficient (Wildman–Crippen LogP) is 4.60. The smallest absolute Gasteiger partial charge is 0.265 e. The normalized spacial score (nSPS) is 28.6. The molecule has 6 rings (SSSR count). The molecule has 2 unspecified atom stereocenters. The van der Waals surface area contributed by atoms with Crippen molar-refractivity contribution in [3.05, 3.63) is 53.8 Å². The Morgan fingerprint density at radius 1 is 1.10 bits per heavy atom. The number of fused-ring (bicyclic) bond motifs is 3. The molecule has 2 aliphatic carbocycles. The molecule has 4 atom stereocenters. The summed E-state index contributed by atoms with van der Waals surface area (Å²) < 4.78 is 60.8. The van der Waals surface area contributed by atoms with Crippen LogP contribution in [0, 0.1) is 28.5 Å². The van der Waals surface area contributed by atoms with Crippen molar-refractivity contribution in [2.75, 3.05) is 32.2 Å². The number of carbonyl (C=O) groups excluding carboxylic acids is 1. The van der Waals surface area contributed by atoms with E-state index in [-0.39, 0.29) is 29.7 Å². The number of Topliss-reactive ketones (excluding diaryl/α,β-unsaturated/α-hetero) is 1. The van der Waals surface area contributed by atoms with Crippen LogP contribution in [0.25, 0.3) is 0 Å². The first-order chi connectivity index (χ1) is 18.5. The number of halogens is 1. The number of hydrogen-bond acceptors (Lipinski definition) is 7. The van der Waals surface area contributed by atoms with E-state index in [0.717, 1.165) is 43.2 Å². The van der Waals surface area contributed by atoms with E-state index in [0.29, 0.717) is 31.3 Å². The highest BCUT2D eigenvalue weighted by atomic mass is 32.2. The summed E-state index contributed by atoms with van der Waals surface area (Å²) in [7, 11) is -4.08. The van der Waals surface area contributed by atoms with Crippen LogP contribution in [0.1, 0.15) is 51.0 Å². The summed E-state index contributed by atoms with van der Waals surface area (Å²) >= 11 is 0. The standard InChI is InChI=1S/C19H20FNO3.C10H16O4S/c20-15-3-1-13(2-4-15)17-7-8-21-10-14(17)11-22-16-5-6-18-19(9-16)24-12-23-18;1-9(2)7-3-4-10(9,8(11)5-7)6-15(12,13)14/h1-6,9,14,17,21H,7-8,10-12H2;7H,3-6H2,1-2H3,(H,12,13,14)/t;7-,10+/m.0/s1. The fourth-order valence-electron chi connectivity index (χ4n) is 6.84. The zero-order valence-corrected chi connectivity index (χ0v) is 23.1. The Morgan fingerprint density at radius 2 is 1.85 bits per heavy atom. The molecule has 4 aliphatic rings. The number of benzene rings is 2. The van der Waals surface area contributed by atoms with Crippen molar-refractivity contribution in [3.8, 4) is 17.2 Å². The van der Waals surface area contributed by atoms with Gasteiger partial charge in [-0.2, -0.15) is 8.42 Å². The third kappa shape index (κ3) is 5.64. The third-order valence-electron chi connectivity index (χ3n) is 9.28. The van der Waals surface area contributed by atoms with Crippen LogP contribution in [-0.4, -0.2) is 51.0 Å². The Labute approximate surface area is 229 Å². The largest absolute Gasteiger partial charge is 0.493 e. The van der Waals surface area contributed by atoms with Gasteiger partial charge in [-0.25, -0.2) is 4.39 Å². The number of ketones is 1. The van der Waals surface area contributed by atoms with Crippen LogP contribution in [0.15, 0.2) is 42.5 Å². The first-order valence-electron chi connectivity index (χ1n) is 13.5. The molecule has 2 aromatic rings. The molecule has 0 radical (unpaired) electrons. The number of hydrogen-bond donors (Lipinski definition) is 2. The molecule has 2 aromatic carbocycles. The van der Waals surface area contributed by atoms with Crippen molar-refractivity contribution in [1.82, 2.24) is 5.32 Å². The lowest BCUT2D eigenvalue weighted by Crippen LogP contribution is -2.42. The molecule has 0 spiro atoms. The van der Waals surface area contributed by atoms with E-state index in [1.807, 2.05) is 44.2 Å². The van der Waals surface area contributed by atoms with Gasteiger partial charge in [0.05, 0.1) is 17.8 Å². The highest BCUT2D eigenvalue weighted by Gasteiger charge is 2.65. The molecule has 8 nitrogen and oxygen atoms in total. The summed E-state index contributed by atoms with van der Waals surface area (Å²) in [5.41, 5.74) is 0.0580. The van der Waals surface area contributed by atoms with E-state index in [4.69, 9.17) is 18.8 Å². The van der Waals surface area contributed by atoms with Crippen LogP contribution in [0.2, 0.25) is 0 Å². The van der Waals surface area contributed by atoms with Gasteiger partial charge in [0.2, 0.25) is 6.79 Å². The molecule has 0 amide bonds. The van der Waals surface area contributed by atoms with E-state index in [1.165, 1.54) is 17.7 Å². The quantitative estimate of drug-likeness (QED) is 0.493. The molecule has 2 heterocycles. The average molecular weight is 562 g/mol. The molecule has 2 bridgehead atoms. The second-order valence-electron chi connectivity index (χ2n) is 11.6. The number of nitrogens with one attached hydrogen (secondary N) is 1. The van der Waals surface area contributed by atoms with Gasteiger partial charge < -0.3 is 19.5 Å². The predicted molar refractivity (Wildman–Crippen MR) is 143 cm³/mol. The van der Waals surface area contributed by atoms with Crippen molar-refractivity contribution in [1.29, 1.82) is 0 Å². The van der Waals surface area contributed by atoms with Crippen LogP contribution in [0.3, 0.4) is 0 Å². The van der Waals surface area contributed by atoms with E-state index >= 15 is 0 Å². The van der Waals surface area contributed by atoms with Gasteiger partial charge in [-0.15, -0.1) is 0 Å². The first-order valence-corrected chi connectivity index (χ1v) is 15.1. The molecule has 1 saturated heterocycles. The van der Waals surface area contributed by atoms with Crippen LogP contribution in [0.5, 0.6) is 17.2 Å². The molecule has 0 aromatic heterocycles. The summed E-state index contributed by atoms with van der Waals surface area (Å²) in [5.74, 6) is 2.69. The molecule has 3 fully saturated rings. The Kier molecular flexibility index (Phi) is 7.65. The zero-order valence-electron chi connectivity index (χ0n) is 22.3. The Balaban J connectivity index is 0.000000177. The van der Waals surface area contributed by atoms with Crippen molar-refractivity contribution < 1.29 is 36.4 Å². The van der Waals surface area contributed by atoms with Crippen LogP contribution in [-0.2, 0) is 14.9 Å². The number of carbonyl (C=O) groups is 1. The summed E-state index contributed by atoms with van der Waals surface area (Å²) in [6.07, 6.45) is 3.00. The van der Waals surface area contributed by atoms with Gasteiger partial charge in [-0.05, 0) is 72.9 Å². The Bertz CT molecular complexity index is 1310. The van der Waals surface area contributed by atoms with Gasteiger partial charge in [-0.1, -0.05) is 26.0 Å². The van der Waals surface area contributed by atoms with Crippen molar-refractivity contribution >= 4 is 15.9 Å². The topological polar surface area (TPSA) is 111 Å². The van der Waals surface area contributed by atoms with Crippen molar-refractivity contribution in [2.24, 2.45) is 22.7 Å². The maximum Gasteiger partial charge on any atom is 0.265 e. The lowest BCUT2D eigenvalue weighted by Gasteiger charge is -2.35. The molecule has 212 valence electrons. The van der Waals surface area contributed by atoms with Gasteiger partial charge in [0.25, 0.3) is 10.1 Å². The number of ether oxygens (including phenoxy) is 3. The SMILES string of the molecule is CC1(C)[C@H]2CC[C@@]1(CS(=O)(=O)O)C(=O)C2.Fc1ccc(C2CCNCC2COc2ccc3c(c2)OCO3)cc1. The number of piperidine rings is 1. The van der Waals surface area contributed by atoms with Crippen LogP contribution < -0.4 is 19.5 Å². The molecule has 2 aliphatic heterocycles. The number of rotatable bonds is 6. The average Bonchev–Trinajstić information content (AvgIpc) is 3.50. The second kappa shape index (κ2) is 10.7. The van der Waals surface area contributed by atoms with Crippen LogP contribution >= 0.6 is 0 Å². The molecule has 2 saturated carbocycles. The Morgan fingerprint density at radius 3 is 2.51 bits per heavy atom. The van der Waals surface area contributed by atoms with E-state index in [2.05, 4.69) is 5.32 Å². The lowest BCUT2D eigenvalue weighted by atomic mass is 9.70.